The Morgan fingerprint density at radius 2 is 1.93 bits per heavy atom. The predicted molar refractivity (Wildman–Crippen MR) is 63.1 cm³/mol. The number of rotatable bonds is 6. The summed E-state index contributed by atoms with van der Waals surface area (Å²) in [5, 5.41) is 0. The summed E-state index contributed by atoms with van der Waals surface area (Å²) in [5.74, 6) is 3.64. The van der Waals surface area contributed by atoms with Crippen molar-refractivity contribution in [3.05, 3.63) is 0 Å². The maximum atomic E-state index is 5.64. The maximum absolute atomic E-state index is 5.64. The van der Waals surface area contributed by atoms with Gasteiger partial charge in [-0.15, -0.1) is 0 Å². The first-order valence-electron chi connectivity index (χ1n) is 6.33. The highest BCUT2D eigenvalue weighted by Crippen LogP contribution is 2.38. The minimum absolute atomic E-state index is 0.712. The second-order valence-electron chi connectivity index (χ2n) is 5.57. The van der Waals surface area contributed by atoms with Gasteiger partial charge in [-0.25, -0.2) is 0 Å². The Labute approximate surface area is 89.5 Å². The van der Waals surface area contributed by atoms with E-state index in [4.69, 9.17) is 5.73 Å². The van der Waals surface area contributed by atoms with E-state index in [9.17, 15) is 0 Å². The van der Waals surface area contributed by atoms with Gasteiger partial charge in [-0.2, -0.15) is 0 Å². The molecule has 1 saturated carbocycles. The average Bonchev–Trinajstić information content (AvgIpc) is 2.15. The highest BCUT2D eigenvalue weighted by molar-refractivity contribution is 4.77. The molecule has 0 aromatic heterocycles. The quantitative estimate of drug-likeness (QED) is 0.693. The van der Waals surface area contributed by atoms with E-state index in [1.807, 2.05) is 0 Å². The van der Waals surface area contributed by atoms with Crippen LogP contribution in [-0.4, -0.2) is 6.54 Å². The van der Waals surface area contributed by atoms with Crippen molar-refractivity contribution < 1.29 is 0 Å². The second kappa shape index (κ2) is 5.75. The molecule has 1 rings (SSSR count). The lowest BCUT2D eigenvalue weighted by Gasteiger charge is -2.34. The molecule has 0 bridgehead atoms. The first kappa shape index (κ1) is 12.0. The zero-order valence-corrected chi connectivity index (χ0v) is 10.1. The summed E-state index contributed by atoms with van der Waals surface area (Å²) in [5.41, 5.74) is 5.64. The summed E-state index contributed by atoms with van der Waals surface area (Å²) < 4.78 is 0. The molecule has 0 spiro atoms. The fourth-order valence-electron chi connectivity index (χ4n) is 2.56. The SMILES string of the molecule is CC(CN)CC(C)CCC1CCC1C. The van der Waals surface area contributed by atoms with Crippen molar-refractivity contribution in [1.82, 2.24) is 0 Å². The molecule has 0 aliphatic heterocycles. The summed E-state index contributed by atoms with van der Waals surface area (Å²) in [6, 6.07) is 0. The summed E-state index contributed by atoms with van der Waals surface area (Å²) >= 11 is 0. The molecule has 14 heavy (non-hydrogen) atoms. The van der Waals surface area contributed by atoms with Crippen LogP contribution in [-0.2, 0) is 0 Å². The molecule has 0 aromatic carbocycles. The standard InChI is InChI=1S/C13H27N/c1-10(8-11(2)9-14)4-6-13-7-5-12(13)3/h10-13H,4-9,14H2,1-3H3. The molecule has 84 valence electrons. The molecular formula is C13H27N. The molecule has 0 heterocycles. The molecule has 1 aliphatic rings. The smallest absolute Gasteiger partial charge is 0.00514 e. The van der Waals surface area contributed by atoms with Gasteiger partial charge in [0.2, 0.25) is 0 Å². The van der Waals surface area contributed by atoms with Gasteiger partial charge < -0.3 is 5.73 Å². The van der Waals surface area contributed by atoms with Gasteiger partial charge in [0, 0.05) is 0 Å². The molecule has 4 atom stereocenters. The number of hydrogen-bond donors (Lipinski definition) is 1. The largest absolute Gasteiger partial charge is 0.330 e. The lowest BCUT2D eigenvalue weighted by atomic mass is 9.71. The van der Waals surface area contributed by atoms with Crippen molar-refractivity contribution in [3.63, 3.8) is 0 Å². The molecule has 1 nitrogen and oxygen atoms in total. The first-order chi connectivity index (χ1) is 6.63. The Kier molecular flexibility index (Phi) is 4.94. The predicted octanol–water partition coefficient (Wildman–Crippen LogP) is 3.43. The third-order valence-electron chi connectivity index (χ3n) is 4.03. The monoisotopic (exact) mass is 197 g/mol. The summed E-state index contributed by atoms with van der Waals surface area (Å²) in [4.78, 5) is 0. The molecule has 0 radical (unpaired) electrons. The summed E-state index contributed by atoms with van der Waals surface area (Å²) in [6.45, 7) is 7.91. The van der Waals surface area contributed by atoms with Gasteiger partial charge in [-0.05, 0) is 49.5 Å². The molecule has 1 fully saturated rings. The van der Waals surface area contributed by atoms with Crippen LogP contribution < -0.4 is 5.73 Å². The zero-order valence-electron chi connectivity index (χ0n) is 10.1. The Morgan fingerprint density at radius 1 is 1.21 bits per heavy atom. The molecule has 4 unspecified atom stereocenters. The van der Waals surface area contributed by atoms with E-state index in [1.54, 1.807) is 0 Å². The lowest BCUT2D eigenvalue weighted by Crippen LogP contribution is -2.23. The topological polar surface area (TPSA) is 26.0 Å². The van der Waals surface area contributed by atoms with Crippen molar-refractivity contribution in [2.24, 2.45) is 29.4 Å². The average molecular weight is 197 g/mol. The van der Waals surface area contributed by atoms with E-state index in [2.05, 4.69) is 20.8 Å². The minimum Gasteiger partial charge on any atom is -0.330 e. The fourth-order valence-corrected chi connectivity index (χ4v) is 2.56. The van der Waals surface area contributed by atoms with Crippen LogP contribution in [0.5, 0.6) is 0 Å². The first-order valence-corrected chi connectivity index (χ1v) is 6.33. The van der Waals surface area contributed by atoms with Crippen LogP contribution in [0.2, 0.25) is 0 Å². The Hall–Kier alpha value is -0.0400. The van der Waals surface area contributed by atoms with Gasteiger partial charge in [-0.3, -0.25) is 0 Å². The van der Waals surface area contributed by atoms with E-state index in [0.29, 0.717) is 5.92 Å². The maximum Gasteiger partial charge on any atom is -0.00514 e. The highest BCUT2D eigenvalue weighted by atomic mass is 14.5. The van der Waals surface area contributed by atoms with Gasteiger partial charge in [0.15, 0.2) is 0 Å². The highest BCUT2D eigenvalue weighted by Gasteiger charge is 2.26. The van der Waals surface area contributed by atoms with Crippen LogP contribution in [0.3, 0.4) is 0 Å². The normalized spacial score (nSPS) is 30.9. The van der Waals surface area contributed by atoms with Gasteiger partial charge in [0.1, 0.15) is 0 Å². The van der Waals surface area contributed by atoms with Crippen LogP contribution in [0.25, 0.3) is 0 Å². The molecule has 1 heteroatoms. The molecule has 2 N–H and O–H groups in total. The Balaban J connectivity index is 2.05. The lowest BCUT2D eigenvalue weighted by molar-refractivity contribution is 0.169. The van der Waals surface area contributed by atoms with Crippen molar-refractivity contribution in [2.45, 2.75) is 52.9 Å². The van der Waals surface area contributed by atoms with Crippen LogP contribution >= 0.6 is 0 Å². The molecular weight excluding hydrogens is 170 g/mol. The van der Waals surface area contributed by atoms with Crippen LogP contribution in [0.4, 0.5) is 0 Å². The molecule has 0 aromatic rings. The van der Waals surface area contributed by atoms with E-state index in [0.717, 1.165) is 24.3 Å². The number of hydrogen-bond acceptors (Lipinski definition) is 1. The Morgan fingerprint density at radius 3 is 2.36 bits per heavy atom. The van der Waals surface area contributed by atoms with Crippen molar-refractivity contribution in [3.8, 4) is 0 Å². The van der Waals surface area contributed by atoms with Gasteiger partial charge in [0.05, 0.1) is 0 Å². The van der Waals surface area contributed by atoms with Crippen LogP contribution in [0, 0.1) is 23.7 Å². The second-order valence-corrected chi connectivity index (χ2v) is 5.57. The van der Waals surface area contributed by atoms with Crippen molar-refractivity contribution in [2.75, 3.05) is 6.54 Å². The van der Waals surface area contributed by atoms with Crippen LogP contribution in [0.15, 0.2) is 0 Å². The summed E-state index contributed by atoms with van der Waals surface area (Å²) in [7, 11) is 0. The van der Waals surface area contributed by atoms with Gasteiger partial charge in [-0.1, -0.05) is 33.6 Å². The molecule has 0 amide bonds. The third kappa shape index (κ3) is 3.61. The van der Waals surface area contributed by atoms with Gasteiger partial charge >= 0.3 is 0 Å². The van der Waals surface area contributed by atoms with Crippen LogP contribution in [0.1, 0.15) is 52.9 Å². The van der Waals surface area contributed by atoms with E-state index in [-0.39, 0.29) is 0 Å². The minimum atomic E-state index is 0.712. The third-order valence-corrected chi connectivity index (χ3v) is 4.03. The van der Waals surface area contributed by atoms with E-state index < -0.39 is 0 Å². The fraction of sp³-hybridized carbons (Fsp3) is 1.00. The summed E-state index contributed by atoms with van der Waals surface area (Å²) in [6.07, 6.45) is 7.15. The molecule has 0 saturated heterocycles. The zero-order chi connectivity index (χ0) is 10.6. The Bertz CT molecular complexity index is 155. The van der Waals surface area contributed by atoms with E-state index >= 15 is 0 Å². The van der Waals surface area contributed by atoms with Crippen molar-refractivity contribution in [1.29, 1.82) is 0 Å². The number of nitrogens with two attached hydrogens (primary N) is 1. The van der Waals surface area contributed by atoms with Gasteiger partial charge in [0.25, 0.3) is 0 Å². The molecule has 1 aliphatic carbocycles. The van der Waals surface area contributed by atoms with E-state index in [1.165, 1.54) is 32.1 Å². The van der Waals surface area contributed by atoms with Crippen molar-refractivity contribution >= 4 is 0 Å².